The summed E-state index contributed by atoms with van der Waals surface area (Å²) in [6, 6.07) is 4.34. The van der Waals surface area contributed by atoms with Gasteiger partial charge in [-0.25, -0.2) is 8.78 Å². The maximum Gasteiger partial charge on any atom is 0.133 e. The van der Waals surface area contributed by atoms with E-state index in [1.54, 1.807) is 0 Å². The molecule has 0 unspecified atom stereocenters. The Morgan fingerprint density at radius 3 is 1.06 bits per heavy atom. The predicted octanol–water partition coefficient (Wildman–Crippen LogP) is 1.49. The number of phenols is 2. The first-order valence-corrected chi connectivity index (χ1v) is 9.74. The van der Waals surface area contributed by atoms with Gasteiger partial charge >= 0.3 is 0 Å². The zero-order chi connectivity index (χ0) is 23.1. The van der Waals surface area contributed by atoms with Gasteiger partial charge in [0.1, 0.15) is 23.1 Å². The summed E-state index contributed by atoms with van der Waals surface area (Å²) in [4.78, 5) is 16.0. The van der Waals surface area contributed by atoms with Gasteiger partial charge in [0.05, 0.1) is 38.4 Å². The number of aliphatic hydroxyl groups is 2. The molecule has 4 bridgehead atoms. The van der Waals surface area contributed by atoms with Crippen molar-refractivity contribution in [1.82, 2.24) is 0 Å². The van der Waals surface area contributed by atoms with Crippen molar-refractivity contribution in [3.8, 4) is 11.5 Å². The SMILES string of the molecule is Oc1c2cc(F)cc1C=NCC(O)CN=Cc1cc(F)cc(c1O)C=NCC(O)CN=C2. The van der Waals surface area contributed by atoms with Crippen molar-refractivity contribution in [2.45, 2.75) is 12.2 Å². The number of aliphatic hydroxyl groups excluding tert-OH is 2. The summed E-state index contributed by atoms with van der Waals surface area (Å²) in [5.41, 5.74) is 0.385. The summed E-state index contributed by atoms with van der Waals surface area (Å²) in [5.74, 6) is -1.72. The van der Waals surface area contributed by atoms with Crippen molar-refractivity contribution in [2.24, 2.45) is 20.0 Å². The fourth-order valence-corrected chi connectivity index (χ4v) is 2.88. The van der Waals surface area contributed by atoms with Crippen LogP contribution in [0.3, 0.4) is 0 Å². The van der Waals surface area contributed by atoms with Crippen molar-refractivity contribution in [2.75, 3.05) is 26.2 Å². The van der Waals surface area contributed by atoms with Gasteiger partial charge in [-0.05, 0) is 24.3 Å². The average Bonchev–Trinajstić information content (AvgIpc) is 2.73. The van der Waals surface area contributed by atoms with Gasteiger partial charge in [0, 0.05) is 47.1 Å². The van der Waals surface area contributed by atoms with E-state index in [1.807, 2.05) is 0 Å². The highest BCUT2D eigenvalue weighted by atomic mass is 19.1. The van der Waals surface area contributed by atoms with E-state index < -0.39 is 23.8 Å². The quantitative estimate of drug-likeness (QED) is 0.490. The van der Waals surface area contributed by atoms with Crippen LogP contribution in [0, 0.1) is 11.6 Å². The molecule has 2 aromatic carbocycles. The number of halogens is 2. The average molecular weight is 444 g/mol. The van der Waals surface area contributed by atoms with Crippen LogP contribution in [-0.4, -0.2) is 83.7 Å². The molecule has 0 fully saturated rings. The Balaban J connectivity index is 1.91. The van der Waals surface area contributed by atoms with Crippen LogP contribution in [0.4, 0.5) is 8.78 Å². The summed E-state index contributed by atoms with van der Waals surface area (Å²) in [6.45, 7) is -0.349. The number of hydrogen-bond donors (Lipinski definition) is 4. The van der Waals surface area contributed by atoms with Crippen molar-refractivity contribution >= 4 is 24.9 Å². The number of aromatic hydroxyl groups is 2. The lowest BCUT2D eigenvalue weighted by Gasteiger charge is -2.08. The fourth-order valence-electron chi connectivity index (χ4n) is 2.88. The van der Waals surface area contributed by atoms with E-state index in [2.05, 4.69) is 20.0 Å². The van der Waals surface area contributed by atoms with Crippen molar-refractivity contribution in [3.63, 3.8) is 0 Å². The van der Waals surface area contributed by atoms with E-state index in [4.69, 9.17) is 0 Å². The van der Waals surface area contributed by atoms with Crippen LogP contribution in [0.15, 0.2) is 44.2 Å². The second kappa shape index (κ2) is 10.7. The fraction of sp³-hybridized carbons (Fsp3) is 0.273. The highest BCUT2D eigenvalue weighted by molar-refractivity contribution is 5.92. The topological polar surface area (TPSA) is 130 Å². The number of benzene rings is 2. The smallest absolute Gasteiger partial charge is 0.133 e. The van der Waals surface area contributed by atoms with E-state index >= 15 is 0 Å². The zero-order valence-electron chi connectivity index (χ0n) is 16.9. The highest BCUT2D eigenvalue weighted by Crippen LogP contribution is 2.23. The molecule has 4 N–H and O–H groups in total. The summed E-state index contributed by atoms with van der Waals surface area (Å²) in [6.07, 6.45) is 2.88. The Morgan fingerprint density at radius 1 is 0.562 bits per heavy atom. The molecule has 0 aromatic heterocycles. The Labute approximate surface area is 182 Å². The number of hydrogen-bond acceptors (Lipinski definition) is 8. The third-order valence-electron chi connectivity index (χ3n) is 4.45. The van der Waals surface area contributed by atoms with Gasteiger partial charge in [0.15, 0.2) is 0 Å². The molecule has 0 atom stereocenters. The normalized spacial score (nSPS) is 19.8. The lowest BCUT2D eigenvalue weighted by molar-refractivity contribution is 0.192. The summed E-state index contributed by atoms with van der Waals surface area (Å²) < 4.78 is 27.8. The maximum atomic E-state index is 13.9. The van der Waals surface area contributed by atoms with Crippen LogP contribution in [0.25, 0.3) is 0 Å². The van der Waals surface area contributed by atoms with Crippen LogP contribution in [0.1, 0.15) is 22.3 Å². The number of rotatable bonds is 0. The van der Waals surface area contributed by atoms with Crippen LogP contribution in [0.2, 0.25) is 0 Å². The Bertz CT molecular complexity index is 926. The van der Waals surface area contributed by atoms with Gasteiger partial charge < -0.3 is 20.4 Å². The molecule has 0 saturated carbocycles. The van der Waals surface area contributed by atoms with E-state index in [9.17, 15) is 29.2 Å². The van der Waals surface area contributed by atoms with Crippen molar-refractivity contribution in [3.05, 3.63) is 58.2 Å². The monoisotopic (exact) mass is 444 g/mol. The zero-order valence-corrected chi connectivity index (χ0v) is 16.9. The molecule has 10 heteroatoms. The first kappa shape index (κ1) is 23.2. The predicted molar refractivity (Wildman–Crippen MR) is 118 cm³/mol. The van der Waals surface area contributed by atoms with E-state index in [-0.39, 0.29) is 59.9 Å². The van der Waals surface area contributed by atoms with E-state index in [1.165, 1.54) is 24.9 Å². The molecule has 0 amide bonds. The Hall–Kier alpha value is -3.50. The van der Waals surface area contributed by atoms with Gasteiger partial charge in [0.25, 0.3) is 0 Å². The Kier molecular flexibility index (Phi) is 7.74. The number of aliphatic imine (C=N–C) groups is 4. The van der Waals surface area contributed by atoms with Gasteiger partial charge in [-0.1, -0.05) is 0 Å². The second-order valence-corrected chi connectivity index (χ2v) is 7.15. The molecular weight excluding hydrogens is 422 g/mol. The molecule has 8 nitrogen and oxygen atoms in total. The summed E-state index contributed by atoms with van der Waals surface area (Å²) >= 11 is 0. The summed E-state index contributed by atoms with van der Waals surface area (Å²) in [7, 11) is 0. The minimum Gasteiger partial charge on any atom is -0.507 e. The number of phenolic OH excluding ortho intramolecular Hbond substituents is 2. The first-order valence-electron chi connectivity index (χ1n) is 9.74. The van der Waals surface area contributed by atoms with Gasteiger partial charge in [-0.2, -0.15) is 0 Å². The molecule has 0 radical (unpaired) electrons. The molecule has 0 saturated heterocycles. The van der Waals surface area contributed by atoms with Gasteiger partial charge in [0.2, 0.25) is 0 Å². The standard InChI is InChI=1S/C22H22F2N4O4/c23-17-1-13-5-25-9-19(29)10-27-7-15-3-18(24)4-16(22(15)32)8-28-12-20(30)11-26-6-14(2-17)21(13)31/h1-8,19-20,29-32H,9-12H2. The van der Waals surface area contributed by atoms with Crippen molar-refractivity contribution < 1.29 is 29.2 Å². The van der Waals surface area contributed by atoms with Gasteiger partial charge in [-0.15, -0.1) is 0 Å². The van der Waals surface area contributed by atoms with Crippen LogP contribution < -0.4 is 0 Å². The van der Waals surface area contributed by atoms with E-state index in [0.717, 1.165) is 24.3 Å². The van der Waals surface area contributed by atoms with Crippen LogP contribution in [0.5, 0.6) is 11.5 Å². The molecule has 168 valence electrons. The first-order chi connectivity index (χ1) is 15.3. The maximum absolute atomic E-state index is 13.9. The lowest BCUT2D eigenvalue weighted by Crippen LogP contribution is -2.15. The third kappa shape index (κ3) is 6.25. The second-order valence-electron chi connectivity index (χ2n) is 7.15. The molecule has 0 spiro atoms. The summed E-state index contributed by atoms with van der Waals surface area (Å²) in [5, 5.41) is 40.7. The van der Waals surface area contributed by atoms with Crippen LogP contribution >= 0.6 is 0 Å². The molecule has 2 aromatic rings. The van der Waals surface area contributed by atoms with E-state index in [0.29, 0.717) is 0 Å². The number of fused-ring (bicyclic) bond motifs is 4. The molecule has 1 aliphatic heterocycles. The van der Waals surface area contributed by atoms with Crippen LogP contribution in [-0.2, 0) is 0 Å². The molecule has 1 aliphatic rings. The minimum atomic E-state index is -0.997. The van der Waals surface area contributed by atoms with Gasteiger partial charge in [-0.3, -0.25) is 20.0 Å². The molecular formula is C22H22F2N4O4. The van der Waals surface area contributed by atoms with Crippen molar-refractivity contribution in [1.29, 1.82) is 0 Å². The Morgan fingerprint density at radius 2 is 0.812 bits per heavy atom. The molecule has 0 aliphatic carbocycles. The lowest BCUT2D eigenvalue weighted by atomic mass is 10.1. The molecule has 1 heterocycles. The largest absolute Gasteiger partial charge is 0.507 e. The molecule has 3 rings (SSSR count). The highest BCUT2D eigenvalue weighted by Gasteiger charge is 2.11. The number of nitrogens with zero attached hydrogens (tertiary/aromatic N) is 4. The minimum absolute atomic E-state index is 0.0874. The molecule has 32 heavy (non-hydrogen) atoms. The third-order valence-corrected chi connectivity index (χ3v) is 4.45.